The van der Waals surface area contributed by atoms with Crippen LogP contribution in [0.15, 0.2) is 30.7 Å². The Morgan fingerprint density at radius 2 is 2.15 bits per heavy atom. The molecule has 1 saturated carbocycles. The monoisotopic (exact) mass is 269 g/mol. The van der Waals surface area contributed by atoms with Gasteiger partial charge in [0.05, 0.1) is 37.0 Å². The minimum atomic E-state index is 0.439. The number of imidazole rings is 1. The second-order valence-corrected chi connectivity index (χ2v) is 4.82. The molecule has 0 aliphatic heterocycles. The molecule has 0 saturated heterocycles. The zero-order chi connectivity index (χ0) is 13.9. The lowest BCUT2D eigenvalue weighted by Crippen LogP contribution is -2.03. The van der Waals surface area contributed by atoms with Crippen LogP contribution in [0.3, 0.4) is 0 Å². The first-order valence-corrected chi connectivity index (χ1v) is 6.53. The molecular formula is C15H15N3O2. The van der Waals surface area contributed by atoms with Crippen molar-refractivity contribution < 1.29 is 9.47 Å². The summed E-state index contributed by atoms with van der Waals surface area (Å²) in [5.41, 5.74) is 1.57. The van der Waals surface area contributed by atoms with Crippen LogP contribution in [0.4, 0.5) is 0 Å². The molecule has 0 bridgehead atoms. The zero-order valence-corrected chi connectivity index (χ0v) is 11.2. The Kier molecular flexibility index (Phi) is 3.30. The Bertz CT molecular complexity index is 653. The van der Waals surface area contributed by atoms with Gasteiger partial charge in [-0.1, -0.05) is 0 Å². The predicted octanol–water partition coefficient (Wildman–Crippen LogP) is 2.68. The maximum Gasteiger partial charge on any atom is 0.130 e. The van der Waals surface area contributed by atoms with Gasteiger partial charge in [-0.15, -0.1) is 0 Å². The van der Waals surface area contributed by atoms with Crippen molar-refractivity contribution in [3.63, 3.8) is 0 Å². The van der Waals surface area contributed by atoms with Gasteiger partial charge >= 0.3 is 0 Å². The molecule has 0 atom stereocenters. The van der Waals surface area contributed by atoms with Crippen molar-refractivity contribution in [2.45, 2.75) is 25.5 Å². The van der Waals surface area contributed by atoms with E-state index in [9.17, 15) is 0 Å². The summed E-state index contributed by atoms with van der Waals surface area (Å²) >= 11 is 0. The Morgan fingerprint density at radius 1 is 1.35 bits per heavy atom. The van der Waals surface area contributed by atoms with Crippen LogP contribution in [0.5, 0.6) is 11.5 Å². The van der Waals surface area contributed by atoms with Gasteiger partial charge in [-0.3, -0.25) is 0 Å². The Hall–Kier alpha value is -2.48. The highest BCUT2D eigenvalue weighted by Gasteiger charge is 2.25. The maximum absolute atomic E-state index is 8.98. The van der Waals surface area contributed by atoms with Gasteiger partial charge in [0.2, 0.25) is 0 Å². The summed E-state index contributed by atoms with van der Waals surface area (Å²) < 4.78 is 13.1. The van der Waals surface area contributed by atoms with Crippen LogP contribution in [0.25, 0.3) is 0 Å². The number of benzene rings is 1. The first kappa shape index (κ1) is 12.5. The molecule has 0 radical (unpaired) electrons. The van der Waals surface area contributed by atoms with Crippen molar-refractivity contribution in [3.8, 4) is 17.6 Å². The molecule has 0 unspecified atom stereocenters. The largest absolute Gasteiger partial charge is 0.497 e. The van der Waals surface area contributed by atoms with Crippen molar-refractivity contribution in [1.29, 1.82) is 5.26 Å². The SMILES string of the molecule is COc1cc(C#N)cc(OCc2cncn2C2CC2)c1. The number of ether oxygens (including phenoxy) is 2. The van der Waals surface area contributed by atoms with E-state index in [-0.39, 0.29) is 0 Å². The third-order valence-electron chi connectivity index (χ3n) is 3.32. The standard InChI is InChI=1S/C15H15N3O2/c1-19-14-4-11(7-16)5-15(6-14)20-9-13-8-17-10-18(13)12-2-3-12/h4-6,8,10,12H,2-3,9H2,1H3. The number of methoxy groups -OCH3 is 1. The summed E-state index contributed by atoms with van der Waals surface area (Å²) in [5.74, 6) is 1.25. The van der Waals surface area contributed by atoms with Gasteiger partial charge in [0.25, 0.3) is 0 Å². The highest BCUT2D eigenvalue weighted by Crippen LogP contribution is 2.35. The van der Waals surface area contributed by atoms with E-state index in [2.05, 4.69) is 15.6 Å². The van der Waals surface area contributed by atoms with Gasteiger partial charge in [-0.05, 0) is 25.0 Å². The first-order valence-electron chi connectivity index (χ1n) is 6.53. The number of aromatic nitrogens is 2. The van der Waals surface area contributed by atoms with Crippen LogP contribution in [0.2, 0.25) is 0 Å². The lowest BCUT2D eigenvalue weighted by atomic mass is 10.2. The van der Waals surface area contributed by atoms with Crippen molar-refractivity contribution >= 4 is 0 Å². The van der Waals surface area contributed by atoms with E-state index >= 15 is 0 Å². The molecule has 2 aromatic rings. The summed E-state index contributed by atoms with van der Waals surface area (Å²) in [6, 6.07) is 7.84. The van der Waals surface area contributed by atoms with Crippen LogP contribution < -0.4 is 9.47 Å². The number of hydrogen-bond donors (Lipinski definition) is 0. The van der Waals surface area contributed by atoms with Crippen LogP contribution in [-0.4, -0.2) is 16.7 Å². The van der Waals surface area contributed by atoms with Crippen molar-refractivity contribution in [3.05, 3.63) is 42.0 Å². The molecule has 1 aromatic carbocycles. The minimum Gasteiger partial charge on any atom is -0.497 e. The number of nitriles is 1. The molecule has 5 heteroatoms. The molecule has 1 aliphatic rings. The lowest BCUT2D eigenvalue weighted by molar-refractivity contribution is 0.292. The average molecular weight is 269 g/mol. The average Bonchev–Trinajstić information content (AvgIpc) is 3.23. The van der Waals surface area contributed by atoms with E-state index in [1.807, 2.05) is 12.5 Å². The number of nitrogens with zero attached hydrogens (tertiary/aromatic N) is 3. The van der Waals surface area contributed by atoms with Crippen LogP contribution in [0, 0.1) is 11.3 Å². The summed E-state index contributed by atoms with van der Waals surface area (Å²) in [6.07, 6.45) is 6.09. The first-order chi connectivity index (χ1) is 9.80. The molecule has 0 spiro atoms. The summed E-state index contributed by atoms with van der Waals surface area (Å²) in [5, 5.41) is 8.98. The normalized spacial score (nSPS) is 13.8. The molecule has 1 aliphatic carbocycles. The molecule has 0 amide bonds. The van der Waals surface area contributed by atoms with E-state index in [4.69, 9.17) is 14.7 Å². The van der Waals surface area contributed by atoms with Crippen molar-refractivity contribution in [2.24, 2.45) is 0 Å². The fraction of sp³-hybridized carbons (Fsp3) is 0.333. The van der Waals surface area contributed by atoms with Crippen LogP contribution in [-0.2, 0) is 6.61 Å². The molecule has 1 aromatic heterocycles. The quantitative estimate of drug-likeness (QED) is 0.837. The second-order valence-electron chi connectivity index (χ2n) is 4.82. The van der Waals surface area contributed by atoms with Gasteiger partial charge in [0.1, 0.15) is 18.1 Å². The van der Waals surface area contributed by atoms with E-state index in [0.29, 0.717) is 29.7 Å². The molecule has 3 rings (SSSR count). The Balaban J connectivity index is 1.74. The number of hydrogen-bond acceptors (Lipinski definition) is 4. The fourth-order valence-electron chi connectivity index (χ4n) is 2.12. The van der Waals surface area contributed by atoms with Crippen molar-refractivity contribution in [2.75, 3.05) is 7.11 Å². The predicted molar refractivity (Wildman–Crippen MR) is 72.5 cm³/mol. The summed E-state index contributed by atoms with van der Waals surface area (Å²) in [6.45, 7) is 0.439. The topological polar surface area (TPSA) is 60.1 Å². The van der Waals surface area contributed by atoms with Gasteiger partial charge in [0, 0.05) is 12.1 Å². The highest BCUT2D eigenvalue weighted by molar-refractivity contribution is 5.43. The maximum atomic E-state index is 8.98. The van der Waals surface area contributed by atoms with Crippen LogP contribution >= 0.6 is 0 Å². The van der Waals surface area contributed by atoms with Gasteiger partial charge in [-0.2, -0.15) is 5.26 Å². The van der Waals surface area contributed by atoms with E-state index in [1.54, 1.807) is 25.3 Å². The molecule has 1 fully saturated rings. The van der Waals surface area contributed by atoms with E-state index in [1.165, 1.54) is 12.8 Å². The Morgan fingerprint density at radius 3 is 2.85 bits per heavy atom. The molecule has 1 heterocycles. The van der Waals surface area contributed by atoms with Gasteiger partial charge in [0.15, 0.2) is 0 Å². The second kappa shape index (κ2) is 5.25. The molecule has 20 heavy (non-hydrogen) atoms. The van der Waals surface area contributed by atoms with Crippen molar-refractivity contribution in [1.82, 2.24) is 9.55 Å². The smallest absolute Gasteiger partial charge is 0.130 e. The molecule has 0 N–H and O–H groups in total. The lowest BCUT2D eigenvalue weighted by Gasteiger charge is -2.10. The van der Waals surface area contributed by atoms with E-state index in [0.717, 1.165) is 5.69 Å². The minimum absolute atomic E-state index is 0.439. The number of rotatable bonds is 5. The van der Waals surface area contributed by atoms with Crippen LogP contribution in [0.1, 0.15) is 30.1 Å². The summed E-state index contributed by atoms with van der Waals surface area (Å²) in [4.78, 5) is 4.17. The third-order valence-corrected chi connectivity index (χ3v) is 3.32. The zero-order valence-electron chi connectivity index (χ0n) is 11.2. The highest BCUT2D eigenvalue weighted by atomic mass is 16.5. The molecular weight excluding hydrogens is 254 g/mol. The fourth-order valence-corrected chi connectivity index (χ4v) is 2.12. The summed E-state index contributed by atoms with van der Waals surface area (Å²) in [7, 11) is 1.57. The Labute approximate surface area is 117 Å². The molecule has 102 valence electrons. The third kappa shape index (κ3) is 2.59. The van der Waals surface area contributed by atoms with Gasteiger partial charge < -0.3 is 14.0 Å². The molecule has 5 nitrogen and oxygen atoms in total. The van der Waals surface area contributed by atoms with E-state index < -0.39 is 0 Å². The van der Waals surface area contributed by atoms with Gasteiger partial charge in [-0.25, -0.2) is 4.98 Å².